The standard InChI is InChI=1S/C15H16ClNOS/c1-18-11-4-2-10-3-6-14(13(10)8-11)17-9-12-5-7-15(16)19-12/h2,4-5,7-8,14,17H,3,6,9H2,1H3. The van der Waals surface area contributed by atoms with E-state index in [2.05, 4.69) is 23.5 Å². The molecule has 0 radical (unpaired) electrons. The average molecular weight is 294 g/mol. The molecule has 0 saturated carbocycles. The Bertz CT molecular complexity index is 581. The molecule has 2 nitrogen and oxygen atoms in total. The molecule has 1 N–H and O–H groups in total. The predicted octanol–water partition coefficient (Wildman–Crippen LogP) is 4.19. The largest absolute Gasteiger partial charge is 0.497 e. The molecule has 1 aliphatic rings. The monoisotopic (exact) mass is 293 g/mol. The summed E-state index contributed by atoms with van der Waals surface area (Å²) in [5.41, 5.74) is 2.81. The third kappa shape index (κ3) is 2.78. The van der Waals surface area contributed by atoms with Gasteiger partial charge in [-0.3, -0.25) is 0 Å². The zero-order valence-electron chi connectivity index (χ0n) is 10.8. The molecule has 1 aromatic heterocycles. The van der Waals surface area contributed by atoms with Gasteiger partial charge in [0.1, 0.15) is 5.75 Å². The summed E-state index contributed by atoms with van der Waals surface area (Å²) < 4.78 is 6.16. The number of hydrogen-bond acceptors (Lipinski definition) is 3. The Morgan fingerprint density at radius 1 is 1.37 bits per heavy atom. The lowest BCUT2D eigenvalue weighted by molar-refractivity contribution is 0.413. The van der Waals surface area contributed by atoms with Crippen molar-refractivity contribution in [3.63, 3.8) is 0 Å². The number of nitrogens with one attached hydrogen (secondary N) is 1. The second kappa shape index (κ2) is 5.53. The van der Waals surface area contributed by atoms with Crippen molar-refractivity contribution in [1.82, 2.24) is 5.32 Å². The van der Waals surface area contributed by atoms with Crippen LogP contribution < -0.4 is 10.1 Å². The first-order valence-electron chi connectivity index (χ1n) is 6.40. The average Bonchev–Trinajstić information content (AvgIpc) is 3.02. The number of thiophene rings is 1. The van der Waals surface area contributed by atoms with Crippen molar-refractivity contribution in [3.8, 4) is 5.75 Å². The lowest BCUT2D eigenvalue weighted by Crippen LogP contribution is -2.18. The first-order chi connectivity index (χ1) is 9.26. The van der Waals surface area contributed by atoms with Crippen LogP contribution in [0.2, 0.25) is 4.34 Å². The van der Waals surface area contributed by atoms with E-state index in [1.807, 2.05) is 12.1 Å². The highest BCUT2D eigenvalue weighted by Gasteiger charge is 2.22. The van der Waals surface area contributed by atoms with E-state index in [0.717, 1.165) is 29.5 Å². The van der Waals surface area contributed by atoms with Crippen molar-refractivity contribution >= 4 is 22.9 Å². The third-order valence-corrected chi connectivity index (χ3v) is 4.81. The number of fused-ring (bicyclic) bond motifs is 1. The molecule has 0 spiro atoms. The van der Waals surface area contributed by atoms with Gasteiger partial charge in [0.2, 0.25) is 0 Å². The van der Waals surface area contributed by atoms with E-state index < -0.39 is 0 Å². The van der Waals surface area contributed by atoms with E-state index in [0.29, 0.717) is 6.04 Å². The number of hydrogen-bond donors (Lipinski definition) is 1. The summed E-state index contributed by atoms with van der Waals surface area (Å²) in [6.45, 7) is 0.874. The second-order valence-corrected chi connectivity index (χ2v) is 6.54. The number of ether oxygens (including phenoxy) is 1. The van der Waals surface area contributed by atoms with Gasteiger partial charge in [0.25, 0.3) is 0 Å². The van der Waals surface area contributed by atoms with Gasteiger partial charge in [-0.25, -0.2) is 0 Å². The fraction of sp³-hybridized carbons (Fsp3) is 0.333. The number of aryl methyl sites for hydroxylation is 1. The van der Waals surface area contributed by atoms with Crippen molar-refractivity contribution in [3.05, 3.63) is 50.7 Å². The van der Waals surface area contributed by atoms with Gasteiger partial charge in [0, 0.05) is 17.5 Å². The van der Waals surface area contributed by atoms with Crippen LogP contribution in [0.5, 0.6) is 5.75 Å². The van der Waals surface area contributed by atoms with E-state index >= 15 is 0 Å². The summed E-state index contributed by atoms with van der Waals surface area (Å²) in [5.74, 6) is 0.937. The minimum atomic E-state index is 0.422. The van der Waals surface area contributed by atoms with E-state index in [-0.39, 0.29) is 0 Å². The van der Waals surface area contributed by atoms with E-state index in [1.165, 1.54) is 16.0 Å². The fourth-order valence-corrected chi connectivity index (χ4v) is 3.63. The van der Waals surface area contributed by atoms with Gasteiger partial charge in [-0.2, -0.15) is 0 Å². The molecule has 19 heavy (non-hydrogen) atoms. The summed E-state index contributed by atoms with van der Waals surface area (Å²) in [5, 5.41) is 3.61. The lowest BCUT2D eigenvalue weighted by Gasteiger charge is -2.14. The molecular formula is C15H16ClNOS. The Labute approximate surface area is 122 Å². The normalized spacial score (nSPS) is 17.5. The predicted molar refractivity (Wildman–Crippen MR) is 80.2 cm³/mol. The minimum Gasteiger partial charge on any atom is -0.497 e. The molecule has 0 saturated heterocycles. The molecule has 1 aromatic carbocycles. The maximum absolute atomic E-state index is 5.95. The zero-order valence-corrected chi connectivity index (χ0v) is 12.4. The summed E-state index contributed by atoms with van der Waals surface area (Å²) in [6.07, 6.45) is 2.30. The van der Waals surface area contributed by atoms with Crippen LogP contribution in [0.15, 0.2) is 30.3 Å². The quantitative estimate of drug-likeness (QED) is 0.913. The summed E-state index contributed by atoms with van der Waals surface area (Å²) in [4.78, 5) is 1.28. The highest BCUT2D eigenvalue weighted by molar-refractivity contribution is 7.16. The molecule has 1 unspecified atom stereocenters. The molecule has 0 amide bonds. The fourth-order valence-electron chi connectivity index (χ4n) is 2.59. The van der Waals surface area contributed by atoms with E-state index in [9.17, 15) is 0 Å². The maximum Gasteiger partial charge on any atom is 0.119 e. The van der Waals surface area contributed by atoms with Gasteiger partial charge in [-0.15, -0.1) is 11.3 Å². The van der Waals surface area contributed by atoms with Gasteiger partial charge < -0.3 is 10.1 Å². The van der Waals surface area contributed by atoms with Gasteiger partial charge in [0.05, 0.1) is 11.4 Å². The molecule has 1 aliphatic carbocycles. The molecule has 1 atom stereocenters. The van der Waals surface area contributed by atoms with Crippen LogP contribution >= 0.6 is 22.9 Å². The number of benzene rings is 1. The smallest absolute Gasteiger partial charge is 0.119 e. The van der Waals surface area contributed by atoms with Crippen LogP contribution in [-0.4, -0.2) is 7.11 Å². The van der Waals surface area contributed by atoms with Gasteiger partial charge in [-0.05, 0) is 48.2 Å². The maximum atomic E-state index is 5.95. The summed E-state index contributed by atoms with van der Waals surface area (Å²) in [6, 6.07) is 10.8. The summed E-state index contributed by atoms with van der Waals surface area (Å²) in [7, 11) is 1.72. The first-order valence-corrected chi connectivity index (χ1v) is 7.60. The van der Waals surface area contributed by atoms with E-state index in [1.54, 1.807) is 18.4 Å². The molecule has 100 valence electrons. The van der Waals surface area contributed by atoms with Crippen LogP contribution in [0.3, 0.4) is 0 Å². The van der Waals surface area contributed by atoms with Crippen LogP contribution in [0.25, 0.3) is 0 Å². The second-order valence-electron chi connectivity index (χ2n) is 4.74. The third-order valence-electron chi connectivity index (χ3n) is 3.58. The molecule has 4 heteroatoms. The van der Waals surface area contributed by atoms with Crippen molar-refractivity contribution < 1.29 is 4.74 Å². The Morgan fingerprint density at radius 2 is 2.26 bits per heavy atom. The topological polar surface area (TPSA) is 21.3 Å². The molecular weight excluding hydrogens is 278 g/mol. The van der Waals surface area contributed by atoms with Crippen LogP contribution in [0, 0.1) is 0 Å². The lowest BCUT2D eigenvalue weighted by atomic mass is 10.1. The van der Waals surface area contributed by atoms with E-state index in [4.69, 9.17) is 16.3 Å². The van der Waals surface area contributed by atoms with Crippen molar-refractivity contribution in [1.29, 1.82) is 0 Å². The molecule has 0 fully saturated rings. The number of halogens is 1. The van der Waals surface area contributed by atoms with Crippen molar-refractivity contribution in [2.45, 2.75) is 25.4 Å². The minimum absolute atomic E-state index is 0.422. The molecule has 0 aliphatic heterocycles. The van der Waals surface area contributed by atoms with Gasteiger partial charge in [0.15, 0.2) is 0 Å². The Kier molecular flexibility index (Phi) is 3.78. The molecule has 0 bridgehead atoms. The highest BCUT2D eigenvalue weighted by Crippen LogP contribution is 2.34. The van der Waals surface area contributed by atoms with Gasteiger partial charge in [-0.1, -0.05) is 17.7 Å². The van der Waals surface area contributed by atoms with Crippen molar-refractivity contribution in [2.24, 2.45) is 0 Å². The molecule has 1 heterocycles. The summed E-state index contributed by atoms with van der Waals surface area (Å²) >= 11 is 7.59. The first kappa shape index (κ1) is 13.0. The van der Waals surface area contributed by atoms with Gasteiger partial charge >= 0.3 is 0 Å². The molecule has 3 rings (SSSR count). The Balaban J connectivity index is 1.71. The highest BCUT2D eigenvalue weighted by atomic mass is 35.5. The van der Waals surface area contributed by atoms with Crippen molar-refractivity contribution in [2.75, 3.05) is 7.11 Å². The van der Waals surface area contributed by atoms with Crippen LogP contribution in [-0.2, 0) is 13.0 Å². The zero-order chi connectivity index (χ0) is 13.2. The van der Waals surface area contributed by atoms with Crippen LogP contribution in [0.1, 0.15) is 28.5 Å². The SMILES string of the molecule is COc1ccc2c(c1)C(NCc1ccc(Cl)s1)CC2. The number of methoxy groups -OCH3 is 1. The molecule has 2 aromatic rings. The Morgan fingerprint density at radius 3 is 3.00 bits per heavy atom. The number of rotatable bonds is 4. The Hall–Kier alpha value is -1.03. The van der Waals surface area contributed by atoms with Crippen LogP contribution in [0.4, 0.5) is 0 Å².